The largest absolute Gasteiger partial charge is 0.327 e. The van der Waals surface area contributed by atoms with Gasteiger partial charge >= 0.3 is 0 Å². The van der Waals surface area contributed by atoms with Gasteiger partial charge in [-0.2, -0.15) is 0 Å². The molecule has 2 N–H and O–H groups in total. The molecule has 0 radical (unpaired) electrons. The Bertz CT molecular complexity index is 519. The van der Waals surface area contributed by atoms with Gasteiger partial charge in [0.15, 0.2) is 0 Å². The van der Waals surface area contributed by atoms with Gasteiger partial charge < -0.3 is 5.73 Å². The van der Waals surface area contributed by atoms with E-state index in [0.29, 0.717) is 0 Å². The van der Waals surface area contributed by atoms with Crippen LogP contribution in [0.1, 0.15) is 22.2 Å². The highest BCUT2D eigenvalue weighted by Gasteiger charge is 2.08. The molecule has 3 heteroatoms. The van der Waals surface area contributed by atoms with Crippen LogP contribution in [0.15, 0.2) is 41.3 Å². The molecule has 102 valence electrons. The smallest absolute Gasteiger partial charge is 0.0182 e. The summed E-state index contributed by atoms with van der Waals surface area (Å²) in [5, 5.41) is 0. The van der Waals surface area contributed by atoms with Crippen molar-refractivity contribution in [1.82, 2.24) is 0 Å². The molecule has 1 aromatic heterocycles. The van der Waals surface area contributed by atoms with Crippen LogP contribution in [0.4, 0.5) is 0 Å². The molecule has 0 amide bonds. The highest BCUT2D eigenvalue weighted by Crippen LogP contribution is 2.24. The van der Waals surface area contributed by atoms with Crippen molar-refractivity contribution in [2.45, 2.75) is 37.6 Å². The van der Waals surface area contributed by atoms with E-state index in [1.165, 1.54) is 20.2 Å². The van der Waals surface area contributed by atoms with Gasteiger partial charge in [-0.3, -0.25) is 0 Å². The monoisotopic (exact) mass is 291 g/mol. The lowest BCUT2D eigenvalue weighted by Gasteiger charge is -2.11. The summed E-state index contributed by atoms with van der Waals surface area (Å²) < 4.78 is 0. The van der Waals surface area contributed by atoms with E-state index in [0.717, 1.165) is 18.6 Å². The molecule has 2 aromatic rings. The lowest BCUT2D eigenvalue weighted by Crippen LogP contribution is -2.25. The van der Waals surface area contributed by atoms with E-state index in [2.05, 4.69) is 50.2 Å². The molecule has 0 saturated carbocycles. The van der Waals surface area contributed by atoms with Gasteiger partial charge in [0.2, 0.25) is 0 Å². The van der Waals surface area contributed by atoms with Crippen LogP contribution in [0.5, 0.6) is 0 Å². The van der Waals surface area contributed by atoms with Crippen LogP contribution >= 0.6 is 23.1 Å². The van der Waals surface area contributed by atoms with E-state index in [1.54, 1.807) is 0 Å². The summed E-state index contributed by atoms with van der Waals surface area (Å²) in [5.41, 5.74) is 7.58. The summed E-state index contributed by atoms with van der Waals surface area (Å²) in [6.07, 6.45) is 2.11. The topological polar surface area (TPSA) is 26.0 Å². The molecule has 0 saturated heterocycles. The Morgan fingerprint density at radius 2 is 1.89 bits per heavy atom. The van der Waals surface area contributed by atoms with Crippen LogP contribution in [-0.2, 0) is 12.8 Å². The minimum absolute atomic E-state index is 0.230. The van der Waals surface area contributed by atoms with Gasteiger partial charge in [0.1, 0.15) is 0 Å². The third kappa shape index (κ3) is 4.37. The Hall–Kier alpha value is -0.770. The molecule has 1 aromatic carbocycles. The van der Waals surface area contributed by atoms with Crippen molar-refractivity contribution in [3.8, 4) is 0 Å². The maximum absolute atomic E-state index is 6.24. The lowest BCUT2D eigenvalue weighted by atomic mass is 10.2. The average molecular weight is 291 g/mol. The van der Waals surface area contributed by atoms with Gasteiger partial charge in [-0.25, -0.2) is 0 Å². The van der Waals surface area contributed by atoms with Gasteiger partial charge in [0, 0.05) is 26.4 Å². The number of benzene rings is 1. The van der Waals surface area contributed by atoms with Crippen molar-refractivity contribution >= 4 is 23.1 Å². The molecular formula is C16H21NS2. The summed E-state index contributed by atoms with van der Waals surface area (Å²) in [6, 6.07) is 13.2. The maximum Gasteiger partial charge on any atom is 0.0182 e. The fraction of sp³-hybridized carbons (Fsp3) is 0.375. The Morgan fingerprint density at radius 1 is 1.16 bits per heavy atom. The third-order valence-electron chi connectivity index (χ3n) is 3.08. The predicted octanol–water partition coefficient (Wildman–Crippen LogP) is 4.28. The first-order valence-electron chi connectivity index (χ1n) is 6.70. The maximum atomic E-state index is 6.24. The number of aryl methyl sites for hydroxylation is 2. The molecule has 0 spiro atoms. The van der Waals surface area contributed by atoms with Gasteiger partial charge in [-0.1, -0.05) is 25.1 Å². The van der Waals surface area contributed by atoms with Crippen molar-refractivity contribution in [2.24, 2.45) is 5.73 Å². The number of thiophene rings is 1. The average Bonchev–Trinajstić information content (AvgIpc) is 2.85. The molecule has 0 fully saturated rings. The summed E-state index contributed by atoms with van der Waals surface area (Å²) >= 11 is 3.76. The first-order valence-corrected chi connectivity index (χ1v) is 8.51. The molecule has 1 unspecified atom stereocenters. The zero-order valence-corrected chi connectivity index (χ0v) is 13.2. The van der Waals surface area contributed by atoms with Crippen molar-refractivity contribution in [3.63, 3.8) is 0 Å². The number of nitrogens with two attached hydrogens (primary N) is 1. The van der Waals surface area contributed by atoms with Gasteiger partial charge in [0.25, 0.3) is 0 Å². The van der Waals surface area contributed by atoms with Crippen LogP contribution in [0.25, 0.3) is 0 Å². The summed E-state index contributed by atoms with van der Waals surface area (Å²) in [5.74, 6) is 0.976. The molecule has 19 heavy (non-hydrogen) atoms. The normalized spacial score (nSPS) is 12.6. The molecule has 0 aliphatic carbocycles. The highest BCUT2D eigenvalue weighted by molar-refractivity contribution is 7.99. The van der Waals surface area contributed by atoms with Crippen molar-refractivity contribution in [1.29, 1.82) is 0 Å². The minimum atomic E-state index is 0.230. The molecule has 1 atom stereocenters. The van der Waals surface area contributed by atoms with Crippen LogP contribution in [0, 0.1) is 6.92 Å². The van der Waals surface area contributed by atoms with Gasteiger partial charge in [-0.15, -0.1) is 23.1 Å². The van der Waals surface area contributed by atoms with Crippen molar-refractivity contribution in [3.05, 3.63) is 51.7 Å². The van der Waals surface area contributed by atoms with Gasteiger partial charge in [0.05, 0.1) is 0 Å². The molecule has 1 heterocycles. The van der Waals surface area contributed by atoms with Crippen LogP contribution in [-0.4, -0.2) is 11.8 Å². The quantitative estimate of drug-likeness (QED) is 0.804. The molecule has 0 aliphatic heterocycles. The number of hydrogen-bond donors (Lipinski definition) is 1. The fourth-order valence-corrected chi connectivity index (χ4v) is 3.99. The Morgan fingerprint density at radius 3 is 2.58 bits per heavy atom. The van der Waals surface area contributed by atoms with Crippen LogP contribution < -0.4 is 5.73 Å². The Labute approximate surface area is 124 Å². The number of thioether (sulfide) groups is 1. The molecule has 1 nitrogen and oxygen atoms in total. The number of hydrogen-bond acceptors (Lipinski definition) is 3. The van der Waals surface area contributed by atoms with Crippen LogP contribution in [0.3, 0.4) is 0 Å². The van der Waals surface area contributed by atoms with E-state index in [9.17, 15) is 0 Å². The second kappa shape index (κ2) is 7.13. The summed E-state index contributed by atoms with van der Waals surface area (Å²) in [4.78, 5) is 4.21. The predicted molar refractivity (Wildman–Crippen MR) is 87.3 cm³/mol. The van der Waals surface area contributed by atoms with E-state index in [1.807, 2.05) is 23.1 Å². The first-order chi connectivity index (χ1) is 9.19. The highest BCUT2D eigenvalue weighted by atomic mass is 32.2. The Kier molecular flexibility index (Phi) is 5.49. The summed E-state index contributed by atoms with van der Waals surface area (Å²) in [6.45, 7) is 4.35. The molecule has 2 rings (SSSR count). The first kappa shape index (κ1) is 14.6. The summed E-state index contributed by atoms with van der Waals surface area (Å²) in [7, 11) is 0. The molecule has 0 bridgehead atoms. The van der Waals surface area contributed by atoms with E-state index in [-0.39, 0.29) is 6.04 Å². The van der Waals surface area contributed by atoms with Crippen molar-refractivity contribution < 1.29 is 0 Å². The van der Waals surface area contributed by atoms with Gasteiger partial charge in [-0.05, 0) is 43.5 Å². The Balaban J connectivity index is 1.84. The third-order valence-corrected chi connectivity index (χ3v) is 5.69. The standard InChI is InChI=1S/C16H21NS2/c1-3-14-8-9-15(19-14)10-13(17)11-18-16-7-5-4-6-12(16)2/h4-9,13H,3,10-11,17H2,1-2H3. The molecule has 0 aliphatic rings. The second-order valence-corrected chi connectivity index (χ2v) is 7.08. The van der Waals surface area contributed by atoms with E-state index in [4.69, 9.17) is 5.73 Å². The zero-order valence-electron chi connectivity index (χ0n) is 11.6. The minimum Gasteiger partial charge on any atom is -0.327 e. The second-order valence-electron chi connectivity index (χ2n) is 4.76. The van der Waals surface area contributed by atoms with Crippen molar-refractivity contribution in [2.75, 3.05) is 5.75 Å². The van der Waals surface area contributed by atoms with E-state index < -0.39 is 0 Å². The van der Waals surface area contributed by atoms with Crippen LogP contribution in [0.2, 0.25) is 0 Å². The SMILES string of the molecule is CCc1ccc(CC(N)CSc2ccccc2C)s1. The van der Waals surface area contributed by atoms with E-state index >= 15 is 0 Å². The zero-order chi connectivity index (χ0) is 13.7. The fourth-order valence-electron chi connectivity index (χ4n) is 1.95. The lowest BCUT2D eigenvalue weighted by molar-refractivity contribution is 0.757. The molecular weight excluding hydrogens is 270 g/mol. The number of rotatable bonds is 6.